The molecule has 0 heterocycles. The van der Waals surface area contributed by atoms with E-state index in [9.17, 15) is 10.5 Å². The van der Waals surface area contributed by atoms with Crippen molar-refractivity contribution in [2.75, 3.05) is 0 Å². The normalized spacial score (nSPS) is 10.5. The maximum Gasteiger partial charge on any atom is 0.100 e. The minimum atomic E-state index is 0.678. The molecule has 0 saturated carbocycles. The minimum absolute atomic E-state index is 0.678. The average Bonchev–Trinajstić information content (AvgIpc) is 2.71. The van der Waals surface area contributed by atoms with Crippen molar-refractivity contribution < 1.29 is 0 Å². The molecule has 122 valence electrons. The summed E-state index contributed by atoms with van der Waals surface area (Å²) in [5.41, 5.74) is 3.64. The summed E-state index contributed by atoms with van der Waals surface area (Å²) in [6.07, 6.45) is 1.57. The van der Waals surface area contributed by atoms with Crippen LogP contribution in [0.2, 0.25) is 0 Å². The first-order valence-corrected chi connectivity index (χ1v) is 8.62. The Kier molecular flexibility index (Phi) is 4.10. The van der Waals surface area contributed by atoms with E-state index in [1.54, 1.807) is 0 Å². The summed E-state index contributed by atoms with van der Waals surface area (Å²) < 4.78 is 0. The van der Waals surface area contributed by atoms with Gasteiger partial charge in [-0.2, -0.15) is 10.5 Å². The lowest BCUT2D eigenvalue weighted by molar-refractivity contribution is 0.966. The van der Waals surface area contributed by atoms with Crippen molar-refractivity contribution in [3.63, 3.8) is 0 Å². The highest BCUT2D eigenvalue weighted by Gasteiger charge is 2.09. The maximum atomic E-state index is 9.67. The topological polar surface area (TPSA) is 47.6 Å². The number of hydrogen-bond donors (Lipinski definition) is 0. The monoisotopic (exact) mass is 332 g/mol. The van der Waals surface area contributed by atoms with Gasteiger partial charge in [0.1, 0.15) is 6.07 Å². The van der Waals surface area contributed by atoms with Crippen LogP contribution in [0, 0.1) is 22.7 Å². The Morgan fingerprint density at radius 2 is 1.31 bits per heavy atom. The van der Waals surface area contributed by atoms with Crippen LogP contribution >= 0.6 is 0 Å². The van der Waals surface area contributed by atoms with Gasteiger partial charge in [-0.25, -0.2) is 0 Å². The van der Waals surface area contributed by atoms with Crippen molar-refractivity contribution in [3.8, 4) is 12.1 Å². The first-order chi connectivity index (χ1) is 12.8. The van der Waals surface area contributed by atoms with Gasteiger partial charge in [-0.3, -0.25) is 0 Å². The summed E-state index contributed by atoms with van der Waals surface area (Å²) in [4.78, 5) is 0. The van der Waals surface area contributed by atoms with E-state index in [4.69, 9.17) is 0 Å². The van der Waals surface area contributed by atoms with Crippen molar-refractivity contribution >= 4 is 21.5 Å². The van der Waals surface area contributed by atoms with Crippen LogP contribution in [0.1, 0.15) is 22.3 Å². The molecule has 0 aliphatic carbocycles. The van der Waals surface area contributed by atoms with E-state index >= 15 is 0 Å². The van der Waals surface area contributed by atoms with Gasteiger partial charge in [0.2, 0.25) is 0 Å². The van der Waals surface area contributed by atoms with Crippen molar-refractivity contribution in [2.45, 2.75) is 12.8 Å². The van der Waals surface area contributed by atoms with Crippen molar-refractivity contribution in [1.29, 1.82) is 10.5 Å². The molecule has 0 saturated heterocycles. The van der Waals surface area contributed by atoms with Gasteiger partial charge in [0, 0.05) is 0 Å². The van der Waals surface area contributed by atoms with Crippen LogP contribution in [0.25, 0.3) is 21.5 Å². The fourth-order valence-corrected chi connectivity index (χ4v) is 3.59. The fourth-order valence-electron chi connectivity index (χ4n) is 3.59. The first kappa shape index (κ1) is 15.9. The van der Waals surface area contributed by atoms with Gasteiger partial charge < -0.3 is 0 Å². The molecule has 0 atom stereocenters. The largest absolute Gasteiger partial charge is 0.192 e. The number of rotatable bonds is 3. The number of nitriles is 2. The van der Waals surface area contributed by atoms with Gasteiger partial charge in [0.15, 0.2) is 0 Å². The van der Waals surface area contributed by atoms with Crippen molar-refractivity contribution in [2.24, 2.45) is 0 Å². The van der Waals surface area contributed by atoms with Crippen LogP contribution in [0.5, 0.6) is 0 Å². The molecule has 26 heavy (non-hydrogen) atoms. The minimum Gasteiger partial charge on any atom is -0.192 e. The Balaban J connectivity index is 1.75. The molecule has 4 aromatic carbocycles. The number of nitrogens with zero attached hydrogens (tertiary/aromatic N) is 2. The Morgan fingerprint density at radius 1 is 0.615 bits per heavy atom. The molecule has 0 fully saturated rings. The predicted octanol–water partition coefficient (Wildman–Crippen LogP) is 5.52. The van der Waals surface area contributed by atoms with E-state index in [2.05, 4.69) is 30.3 Å². The molecule has 0 spiro atoms. The number of aryl methyl sites for hydroxylation is 2. The van der Waals surface area contributed by atoms with Crippen LogP contribution in [0.3, 0.4) is 0 Å². The van der Waals surface area contributed by atoms with Gasteiger partial charge in [0.25, 0.3) is 0 Å². The van der Waals surface area contributed by atoms with Crippen LogP contribution in [-0.2, 0) is 12.8 Å². The smallest absolute Gasteiger partial charge is 0.100 e. The third-order valence-electron chi connectivity index (χ3n) is 4.87. The fraction of sp³-hybridized carbons (Fsp3) is 0.0833. The lowest BCUT2D eigenvalue weighted by Crippen LogP contribution is -1.97. The molecule has 0 unspecified atom stereocenters. The van der Waals surface area contributed by atoms with Gasteiger partial charge in [-0.15, -0.1) is 0 Å². The number of fused-ring (bicyclic) bond motifs is 2. The summed E-state index contributed by atoms with van der Waals surface area (Å²) in [7, 11) is 0. The Labute approximate surface area is 152 Å². The molecule has 0 aliphatic heterocycles. The molecule has 0 N–H and O–H groups in total. The van der Waals surface area contributed by atoms with E-state index in [1.807, 2.05) is 54.6 Å². The lowest BCUT2D eigenvalue weighted by Gasteiger charge is -2.10. The number of benzene rings is 4. The molecule has 2 nitrogen and oxygen atoms in total. The molecule has 0 aromatic heterocycles. The molecule has 4 rings (SSSR count). The van der Waals surface area contributed by atoms with E-state index in [0.717, 1.165) is 45.7 Å². The second-order valence-corrected chi connectivity index (χ2v) is 6.40. The SMILES string of the molecule is N#Cc1cc(CCc2ccc3ccccc3c2C#N)c2ccccc2c1. The van der Waals surface area contributed by atoms with Crippen LogP contribution in [0.15, 0.2) is 72.8 Å². The third kappa shape index (κ3) is 2.79. The second kappa shape index (κ2) is 6.71. The summed E-state index contributed by atoms with van der Waals surface area (Å²) >= 11 is 0. The quantitative estimate of drug-likeness (QED) is 0.496. The maximum absolute atomic E-state index is 9.67. The summed E-state index contributed by atoms with van der Waals surface area (Å²) in [5.74, 6) is 0. The Bertz CT molecular complexity index is 1210. The van der Waals surface area contributed by atoms with E-state index in [0.29, 0.717) is 5.56 Å². The molecule has 2 heteroatoms. The zero-order valence-corrected chi connectivity index (χ0v) is 14.2. The Morgan fingerprint density at radius 3 is 2.08 bits per heavy atom. The number of hydrogen-bond acceptors (Lipinski definition) is 2. The molecule has 4 aromatic rings. The molecule has 0 radical (unpaired) electrons. The second-order valence-electron chi connectivity index (χ2n) is 6.40. The van der Waals surface area contributed by atoms with Gasteiger partial charge in [0.05, 0.1) is 17.2 Å². The highest BCUT2D eigenvalue weighted by molar-refractivity contribution is 5.89. The lowest BCUT2D eigenvalue weighted by atomic mass is 9.93. The van der Waals surface area contributed by atoms with Crippen LogP contribution in [0.4, 0.5) is 0 Å². The van der Waals surface area contributed by atoms with E-state index in [-0.39, 0.29) is 0 Å². The molecule has 0 amide bonds. The highest BCUT2D eigenvalue weighted by Crippen LogP contribution is 2.26. The zero-order chi connectivity index (χ0) is 17.9. The van der Waals surface area contributed by atoms with Crippen LogP contribution in [-0.4, -0.2) is 0 Å². The standard InChI is InChI=1S/C24H16N2/c25-15-17-13-20-6-2-3-7-22(20)21(14-17)12-11-19-10-9-18-5-1-4-8-23(18)24(19)16-26/h1-10,13-14H,11-12H2. The van der Waals surface area contributed by atoms with Gasteiger partial charge in [-0.05, 0) is 57.6 Å². The summed E-state index contributed by atoms with van der Waals surface area (Å²) in [6.45, 7) is 0. The zero-order valence-electron chi connectivity index (χ0n) is 14.2. The third-order valence-corrected chi connectivity index (χ3v) is 4.87. The molecule has 0 bridgehead atoms. The predicted molar refractivity (Wildman–Crippen MR) is 105 cm³/mol. The van der Waals surface area contributed by atoms with Gasteiger partial charge in [-0.1, -0.05) is 60.7 Å². The van der Waals surface area contributed by atoms with Crippen LogP contribution < -0.4 is 0 Å². The molecule has 0 aliphatic rings. The Hall–Kier alpha value is -3.62. The van der Waals surface area contributed by atoms with E-state index in [1.165, 1.54) is 5.39 Å². The van der Waals surface area contributed by atoms with E-state index < -0.39 is 0 Å². The summed E-state index contributed by atoms with van der Waals surface area (Å²) in [6, 6.07) is 28.8. The summed E-state index contributed by atoms with van der Waals surface area (Å²) in [5, 5.41) is 23.3. The van der Waals surface area contributed by atoms with Gasteiger partial charge >= 0.3 is 0 Å². The van der Waals surface area contributed by atoms with Crippen molar-refractivity contribution in [3.05, 3.63) is 95.1 Å². The average molecular weight is 332 g/mol. The van der Waals surface area contributed by atoms with Crippen molar-refractivity contribution in [1.82, 2.24) is 0 Å². The molecular weight excluding hydrogens is 316 g/mol. The first-order valence-electron chi connectivity index (χ1n) is 8.62. The molecular formula is C24H16N2. The highest BCUT2D eigenvalue weighted by atomic mass is 14.3.